The summed E-state index contributed by atoms with van der Waals surface area (Å²) >= 11 is 0.891. The van der Waals surface area contributed by atoms with Gasteiger partial charge in [0.15, 0.2) is 11.5 Å². The molecule has 1 heterocycles. The van der Waals surface area contributed by atoms with Gasteiger partial charge in [-0.25, -0.2) is 4.90 Å². The minimum Gasteiger partial charge on any atom is -0.490 e. The van der Waals surface area contributed by atoms with Gasteiger partial charge in [-0.3, -0.25) is 14.4 Å². The number of ether oxygens (including phenoxy) is 2. The van der Waals surface area contributed by atoms with Crippen molar-refractivity contribution >= 4 is 40.6 Å². The minimum atomic E-state index is -0.948. The highest BCUT2D eigenvalue weighted by molar-refractivity contribution is 8.19. The summed E-state index contributed by atoms with van der Waals surface area (Å²) in [5, 5.41) is 8.44. The first kappa shape index (κ1) is 24.4. The second-order valence-electron chi connectivity index (χ2n) is 7.42. The topological polar surface area (TPSA) is 93.1 Å². The van der Waals surface area contributed by atoms with E-state index in [0.717, 1.165) is 31.0 Å². The van der Waals surface area contributed by atoms with E-state index in [1.165, 1.54) is 10.5 Å². The molecule has 1 aliphatic rings. The number of benzene rings is 2. The fourth-order valence-corrected chi connectivity index (χ4v) is 4.13. The van der Waals surface area contributed by atoms with E-state index in [0.29, 0.717) is 34.3 Å². The molecule has 2 aromatic rings. The van der Waals surface area contributed by atoms with Gasteiger partial charge in [0.2, 0.25) is 0 Å². The van der Waals surface area contributed by atoms with Crippen LogP contribution < -0.4 is 14.4 Å². The molecule has 0 atom stereocenters. The Morgan fingerprint density at radius 2 is 1.82 bits per heavy atom. The van der Waals surface area contributed by atoms with Gasteiger partial charge in [-0.1, -0.05) is 31.5 Å². The maximum atomic E-state index is 13.0. The highest BCUT2D eigenvalue weighted by atomic mass is 32.2. The zero-order valence-electron chi connectivity index (χ0n) is 18.7. The molecule has 2 aromatic carbocycles. The molecule has 1 N–H and O–H groups in total. The van der Waals surface area contributed by atoms with Crippen LogP contribution in [0, 0.1) is 0 Å². The fraction of sp³-hybridized carbons (Fsp3) is 0.320. The van der Waals surface area contributed by atoms with Gasteiger partial charge in [-0.05, 0) is 73.0 Å². The van der Waals surface area contributed by atoms with Gasteiger partial charge in [0.25, 0.3) is 11.1 Å². The molecule has 0 unspecified atom stereocenters. The standard InChI is InChI=1S/C25H27NO6S/c1-3-5-6-17-7-10-19(11-8-17)26-24(29)22(33-25(26)30)16-18-9-12-20(21(15-18)31-4-2)32-14-13-23(27)28/h7-12,15-16H,3-6,13-14H2,1-2H3,(H,27,28)/b22-16+. The smallest absolute Gasteiger partial charge is 0.306 e. The SMILES string of the molecule is CCCCc1ccc(N2C(=O)S/C(=C/c3ccc(OCCC(=O)O)c(OCC)c3)C2=O)cc1. The number of thioether (sulfide) groups is 1. The molecule has 0 aromatic heterocycles. The Balaban J connectivity index is 1.77. The number of amides is 2. The highest BCUT2D eigenvalue weighted by Crippen LogP contribution is 2.37. The average molecular weight is 470 g/mol. The van der Waals surface area contributed by atoms with Crippen LogP contribution in [0.4, 0.5) is 10.5 Å². The summed E-state index contributed by atoms with van der Waals surface area (Å²) in [6.07, 6.45) is 4.69. The van der Waals surface area contributed by atoms with Gasteiger partial charge >= 0.3 is 5.97 Å². The van der Waals surface area contributed by atoms with Crippen molar-refractivity contribution in [3.8, 4) is 11.5 Å². The first-order chi connectivity index (χ1) is 15.9. The molecule has 2 amide bonds. The molecule has 174 valence electrons. The van der Waals surface area contributed by atoms with E-state index in [2.05, 4.69) is 6.92 Å². The lowest BCUT2D eigenvalue weighted by molar-refractivity contribution is -0.137. The quantitative estimate of drug-likeness (QED) is 0.433. The first-order valence-corrected chi connectivity index (χ1v) is 11.7. The third-order valence-electron chi connectivity index (χ3n) is 4.95. The molecular formula is C25H27NO6S. The van der Waals surface area contributed by atoms with Crippen molar-refractivity contribution in [2.24, 2.45) is 0 Å². The van der Waals surface area contributed by atoms with Crippen molar-refractivity contribution in [2.45, 2.75) is 39.5 Å². The maximum absolute atomic E-state index is 13.0. The molecule has 33 heavy (non-hydrogen) atoms. The Kier molecular flexibility index (Phi) is 8.54. The number of hydrogen-bond donors (Lipinski definition) is 1. The number of nitrogens with zero attached hydrogens (tertiary/aromatic N) is 1. The summed E-state index contributed by atoms with van der Waals surface area (Å²) < 4.78 is 11.1. The van der Waals surface area contributed by atoms with Gasteiger partial charge in [0.05, 0.1) is 30.2 Å². The van der Waals surface area contributed by atoms with E-state index in [9.17, 15) is 14.4 Å². The van der Waals surface area contributed by atoms with Crippen molar-refractivity contribution in [1.82, 2.24) is 0 Å². The number of carbonyl (C=O) groups is 3. The number of hydrogen-bond acceptors (Lipinski definition) is 6. The molecule has 8 heteroatoms. The molecular weight excluding hydrogens is 442 g/mol. The van der Waals surface area contributed by atoms with Crippen LogP contribution in [0.5, 0.6) is 11.5 Å². The summed E-state index contributed by atoms with van der Waals surface area (Å²) in [5.74, 6) is -0.452. The number of anilines is 1. The van der Waals surface area contributed by atoms with E-state index >= 15 is 0 Å². The molecule has 7 nitrogen and oxygen atoms in total. The summed E-state index contributed by atoms with van der Waals surface area (Å²) in [7, 11) is 0. The summed E-state index contributed by atoms with van der Waals surface area (Å²) in [5.41, 5.74) is 2.40. The third-order valence-corrected chi connectivity index (χ3v) is 5.82. The van der Waals surface area contributed by atoms with E-state index in [1.54, 1.807) is 36.4 Å². The predicted molar refractivity (Wildman–Crippen MR) is 129 cm³/mol. The molecule has 1 aliphatic heterocycles. The molecule has 0 saturated carbocycles. The number of unbranched alkanes of at least 4 members (excludes halogenated alkanes) is 1. The Bertz CT molecular complexity index is 1050. The molecule has 1 saturated heterocycles. The molecule has 1 fully saturated rings. The zero-order chi connectivity index (χ0) is 23.8. The average Bonchev–Trinajstić information content (AvgIpc) is 3.07. The number of imide groups is 1. The number of aliphatic carboxylic acids is 1. The van der Waals surface area contributed by atoms with Gasteiger partial charge in [0.1, 0.15) is 0 Å². The van der Waals surface area contributed by atoms with Gasteiger partial charge in [-0.15, -0.1) is 0 Å². The van der Waals surface area contributed by atoms with E-state index < -0.39 is 5.97 Å². The summed E-state index contributed by atoms with van der Waals surface area (Å²) in [4.78, 5) is 37.8. The predicted octanol–water partition coefficient (Wildman–Crippen LogP) is 5.52. The van der Waals surface area contributed by atoms with E-state index in [-0.39, 0.29) is 24.2 Å². The van der Waals surface area contributed by atoms with Gasteiger partial charge in [0, 0.05) is 0 Å². The highest BCUT2D eigenvalue weighted by Gasteiger charge is 2.36. The van der Waals surface area contributed by atoms with Crippen LogP contribution in [-0.4, -0.2) is 35.4 Å². The zero-order valence-corrected chi connectivity index (χ0v) is 19.5. The fourth-order valence-electron chi connectivity index (χ4n) is 3.28. The second kappa shape index (κ2) is 11.6. The van der Waals surface area contributed by atoms with Gasteiger partial charge in [-0.2, -0.15) is 0 Å². The monoisotopic (exact) mass is 469 g/mol. The van der Waals surface area contributed by atoms with Gasteiger partial charge < -0.3 is 14.6 Å². The minimum absolute atomic E-state index is 0.0187. The van der Waals surface area contributed by atoms with Crippen LogP contribution in [0.2, 0.25) is 0 Å². The molecule has 0 aliphatic carbocycles. The van der Waals surface area contributed by atoms with Crippen LogP contribution in [0.25, 0.3) is 6.08 Å². The van der Waals surface area contributed by atoms with Crippen LogP contribution >= 0.6 is 11.8 Å². The van der Waals surface area contributed by atoms with Crippen molar-refractivity contribution in [3.05, 3.63) is 58.5 Å². The summed E-state index contributed by atoms with van der Waals surface area (Å²) in [6, 6.07) is 12.6. The Morgan fingerprint density at radius 3 is 2.48 bits per heavy atom. The lowest BCUT2D eigenvalue weighted by Gasteiger charge is -2.13. The van der Waals surface area contributed by atoms with Crippen molar-refractivity contribution in [3.63, 3.8) is 0 Å². The number of carboxylic acids is 1. The van der Waals surface area contributed by atoms with Crippen molar-refractivity contribution in [2.75, 3.05) is 18.1 Å². The Hall–Kier alpha value is -3.26. The molecule has 0 spiro atoms. The second-order valence-corrected chi connectivity index (χ2v) is 8.41. The van der Waals surface area contributed by atoms with Crippen LogP contribution in [0.3, 0.4) is 0 Å². The number of carboxylic acid groups (broad SMARTS) is 1. The van der Waals surface area contributed by atoms with Crippen LogP contribution in [-0.2, 0) is 16.0 Å². The van der Waals surface area contributed by atoms with Crippen LogP contribution in [0.15, 0.2) is 47.4 Å². The molecule has 0 radical (unpaired) electrons. The maximum Gasteiger partial charge on any atom is 0.306 e. The Morgan fingerprint density at radius 1 is 1.06 bits per heavy atom. The molecule has 0 bridgehead atoms. The normalized spacial score (nSPS) is 14.7. The largest absolute Gasteiger partial charge is 0.490 e. The number of carbonyl (C=O) groups excluding carboxylic acids is 2. The van der Waals surface area contributed by atoms with E-state index in [1.807, 2.05) is 19.1 Å². The van der Waals surface area contributed by atoms with Crippen molar-refractivity contribution in [1.29, 1.82) is 0 Å². The van der Waals surface area contributed by atoms with Crippen molar-refractivity contribution < 1.29 is 29.0 Å². The Labute approximate surface area is 197 Å². The molecule has 3 rings (SSSR count). The third kappa shape index (κ3) is 6.38. The lowest BCUT2D eigenvalue weighted by Crippen LogP contribution is -2.27. The van der Waals surface area contributed by atoms with Crippen LogP contribution in [0.1, 0.15) is 44.2 Å². The summed E-state index contributed by atoms with van der Waals surface area (Å²) in [6.45, 7) is 4.37. The van der Waals surface area contributed by atoms with E-state index in [4.69, 9.17) is 14.6 Å². The lowest BCUT2D eigenvalue weighted by atomic mass is 10.1. The number of rotatable bonds is 11. The number of aryl methyl sites for hydroxylation is 1. The first-order valence-electron chi connectivity index (χ1n) is 10.9.